The Kier molecular flexibility index (Phi) is 5.75. The molecule has 1 unspecified atom stereocenters. The zero-order valence-corrected chi connectivity index (χ0v) is 12.3. The molecule has 1 heterocycles. The van der Waals surface area contributed by atoms with E-state index in [2.05, 4.69) is 5.32 Å². The molecule has 1 atom stereocenters. The van der Waals surface area contributed by atoms with E-state index < -0.39 is 0 Å². The maximum atomic E-state index is 12.3. The highest BCUT2D eigenvalue weighted by molar-refractivity contribution is 5.82. The number of rotatable bonds is 5. The van der Waals surface area contributed by atoms with Crippen molar-refractivity contribution < 1.29 is 9.59 Å². The van der Waals surface area contributed by atoms with Gasteiger partial charge in [-0.25, -0.2) is 0 Å². The number of hydrogen-bond donors (Lipinski definition) is 2. The van der Waals surface area contributed by atoms with Gasteiger partial charge in [0.2, 0.25) is 11.8 Å². The van der Waals surface area contributed by atoms with E-state index in [-0.39, 0.29) is 17.7 Å². The van der Waals surface area contributed by atoms with Crippen LogP contribution in [-0.4, -0.2) is 42.9 Å². The van der Waals surface area contributed by atoms with E-state index >= 15 is 0 Å². The molecule has 1 aromatic carbocycles. The minimum absolute atomic E-state index is 0.0117. The first kappa shape index (κ1) is 15.5. The summed E-state index contributed by atoms with van der Waals surface area (Å²) in [4.78, 5) is 26.1. The number of carbonyl (C=O) groups excluding carboxylic acids is 2. The quantitative estimate of drug-likeness (QED) is 0.831. The van der Waals surface area contributed by atoms with Crippen LogP contribution in [0.2, 0.25) is 0 Å². The Balaban J connectivity index is 1.88. The molecule has 0 radical (unpaired) electrons. The van der Waals surface area contributed by atoms with E-state index in [0.717, 1.165) is 24.9 Å². The largest absolute Gasteiger partial charge is 0.355 e. The second-order valence-corrected chi connectivity index (χ2v) is 5.42. The second kappa shape index (κ2) is 7.78. The van der Waals surface area contributed by atoms with Crippen molar-refractivity contribution in [3.8, 4) is 0 Å². The third-order valence-electron chi connectivity index (χ3n) is 3.79. The summed E-state index contributed by atoms with van der Waals surface area (Å²) in [5.74, 6) is 0.000194. The van der Waals surface area contributed by atoms with Crippen LogP contribution in [0.1, 0.15) is 18.4 Å². The number of likely N-dealkylation sites (tertiary alicyclic amines) is 1. The van der Waals surface area contributed by atoms with Crippen LogP contribution in [0.4, 0.5) is 0 Å². The Labute approximate surface area is 125 Å². The van der Waals surface area contributed by atoms with E-state index in [0.29, 0.717) is 26.1 Å². The average Bonchev–Trinajstić information content (AvgIpc) is 2.53. The number of piperidine rings is 1. The molecule has 0 aromatic heterocycles. The molecule has 0 aliphatic carbocycles. The number of hydrogen-bond acceptors (Lipinski definition) is 3. The van der Waals surface area contributed by atoms with Gasteiger partial charge in [0.05, 0.1) is 12.3 Å². The Morgan fingerprint density at radius 1 is 1.29 bits per heavy atom. The van der Waals surface area contributed by atoms with Crippen LogP contribution in [-0.2, 0) is 16.0 Å². The molecule has 2 amide bonds. The number of nitrogens with two attached hydrogens (primary N) is 1. The van der Waals surface area contributed by atoms with Crippen molar-refractivity contribution in [3.05, 3.63) is 35.9 Å². The van der Waals surface area contributed by atoms with Crippen LogP contribution in [0, 0.1) is 5.92 Å². The van der Waals surface area contributed by atoms with Crippen molar-refractivity contribution in [2.45, 2.75) is 19.3 Å². The summed E-state index contributed by atoms with van der Waals surface area (Å²) >= 11 is 0. The summed E-state index contributed by atoms with van der Waals surface area (Å²) in [7, 11) is 0. The molecule has 1 aliphatic rings. The highest BCUT2D eigenvalue weighted by Gasteiger charge is 2.27. The summed E-state index contributed by atoms with van der Waals surface area (Å²) in [5.41, 5.74) is 6.40. The van der Waals surface area contributed by atoms with Gasteiger partial charge in [-0.2, -0.15) is 0 Å². The Morgan fingerprint density at radius 2 is 2.05 bits per heavy atom. The molecule has 1 saturated heterocycles. The van der Waals surface area contributed by atoms with Gasteiger partial charge in [-0.1, -0.05) is 30.3 Å². The van der Waals surface area contributed by atoms with Gasteiger partial charge in [0, 0.05) is 26.2 Å². The minimum atomic E-state index is -0.106. The summed E-state index contributed by atoms with van der Waals surface area (Å²) in [6, 6.07) is 9.71. The van der Waals surface area contributed by atoms with Crippen molar-refractivity contribution in [1.29, 1.82) is 0 Å². The van der Waals surface area contributed by atoms with Crippen LogP contribution in [0.15, 0.2) is 30.3 Å². The van der Waals surface area contributed by atoms with Gasteiger partial charge >= 0.3 is 0 Å². The van der Waals surface area contributed by atoms with Crippen LogP contribution < -0.4 is 11.1 Å². The Bertz CT molecular complexity index is 476. The summed E-state index contributed by atoms with van der Waals surface area (Å²) in [5, 5.41) is 2.81. The minimum Gasteiger partial charge on any atom is -0.355 e. The standard InChI is InChI=1S/C16H23N3O2/c17-8-9-18-16(21)14-7-4-10-19(12-14)15(20)11-13-5-2-1-3-6-13/h1-3,5-6,14H,4,7-12,17H2,(H,18,21). The molecular weight excluding hydrogens is 266 g/mol. The van der Waals surface area contributed by atoms with E-state index in [9.17, 15) is 9.59 Å². The number of nitrogens with zero attached hydrogens (tertiary/aromatic N) is 1. The predicted octanol–water partition coefficient (Wildman–Crippen LogP) is 0.543. The van der Waals surface area contributed by atoms with Crippen LogP contribution in [0.25, 0.3) is 0 Å². The molecule has 1 aliphatic heterocycles. The molecule has 0 spiro atoms. The smallest absolute Gasteiger partial charge is 0.227 e. The fourth-order valence-corrected chi connectivity index (χ4v) is 2.64. The van der Waals surface area contributed by atoms with Gasteiger partial charge in [-0.15, -0.1) is 0 Å². The first-order valence-corrected chi connectivity index (χ1v) is 7.50. The highest BCUT2D eigenvalue weighted by Crippen LogP contribution is 2.17. The van der Waals surface area contributed by atoms with Crippen LogP contribution in [0.5, 0.6) is 0 Å². The maximum Gasteiger partial charge on any atom is 0.227 e. The molecule has 0 saturated carbocycles. The zero-order valence-electron chi connectivity index (χ0n) is 12.3. The van der Waals surface area contributed by atoms with E-state index in [1.165, 1.54) is 0 Å². The first-order valence-electron chi connectivity index (χ1n) is 7.50. The monoisotopic (exact) mass is 289 g/mol. The van der Waals surface area contributed by atoms with Gasteiger partial charge in [0.1, 0.15) is 0 Å². The normalized spacial score (nSPS) is 18.3. The lowest BCUT2D eigenvalue weighted by molar-refractivity contribution is -0.135. The van der Waals surface area contributed by atoms with Crippen LogP contribution >= 0.6 is 0 Å². The zero-order chi connectivity index (χ0) is 15.1. The molecule has 2 rings (SSSR count). The molecular formula is C16H23N3O2. The average molecular weight is 289 g/mol. The van der Waals surface area contributed by atoms with Crippen molar-refractivity contribution in [3.63, 3.8) is 0 Å². The van der Waals surface area contributed by atoms with E-state index in [1.807, 2.05) is 35.2 Å². The lowest BCUT2D eigenvalue weighted by atomic mass is 9.96. The first-order chi connectivity index (χ1) is 10.2. The maximum absolute atomic E-state index is 12.3. The van der Waals surface area contributed by atoms with Gasteiger partial charge in [-0.3, -0.25) is 9.59 Å². The van der Waals surface area contributed by atoms with E-state index in [4.69, 9.17) is 5.73 Å². The SMILES string of the molecule is NCCNC(=O)C1CCCN(C(=O)Cc2ccccc2)C1. The summed E-state index contributed by atoms with van der Waals surface area (Å²) in [6.45, 7) is 2.19. The topological polar surface area (TPSA) is 75.4 Å². The van der Waals surface area contributed by atoms with Crippen molar-refractivity contribution >= 4 is 11.8 Å². The molecule has 1 aromatic rings. The Hall–Kier alpha value is -1.88. The molecule has 0 bridgehead atoms. The van der Waals surface area contributed by atoms with Crippen LogP contribution in [0.3, 0.4) is 0 Å². The van der Waals surface area contributed by atoms with Crippen molar-refractivity contribution in [2.24, 2.45) is 11.7 Å². The molecule has 5 nitrogen and oxygen atoms in total. The highest BCUT2D eigenvalue weighted by atomic mass is 16.2. The summed E-state index contributed by atoms with van der Waals surface area (Å²) in [6.07, 6.45) is 2.12. The molecule has 1 fully saturated rings. The third-order valence-corrected chi connectivity index (χ3v) is 3.79. The number of nitrogens with one attached hydrogen (secondary N) is 1. The number of amides is 2. The molecule has 5 heteroatoms. The molecule has 3 N–H and O–H groups in total. The fourth-order valence-electron chi connectivity index (χ4n) is 2.64. The van der Waals surface area contributed by atoms with Gasteiger partial charge in [0.25, 0.3) is 0 Å². The summed E-state index contributed by atoms with van der Waals surface area (Å²) < 4.78 is 0. The van der Waals surface area contributed by atoms with E-state index in [1.54, 1.807) is 0 Å². The van der Waals surface area contributed by atoms with Gasteiger partial charge in [0.15, 0.2) is 0 Å². The second-order valence-electron chi connectivity index (χ2n) is 5.42. The number of benzene rings is 1. The number of carbonyl (C=O) groups is 2. The van der Waals surface area contributed by atoms with Crippen molar-refractivity contribution in [1.82, 2.24) is 10.2 Å². The van der Waals surface area contributed by atoms with Gasteiger partial charge < -0.3 is 16.0 Å². The van der Waals surface area contributed by atoms with Gasteiger partial charge in [-0.05, 0) is 18.4 Å². The molecule has 114 valence electrons. The predicted molar refractivity (Wildman–Crippen MR) is 81.5 cm³/mol. The fraction of sp³-hybridized carbons (Fsp3) is 0.500. The Morgan fingerprint density at radius 3 is 2.76 bits per heavy atom. The van der Waals surface area contributed by atoms with Crippen molar-refractivity contribution in [2.75, 3.05) is 26.2 Å². The lowest BCUT2D eigenvalue weighted by Gasteiger charge is -2.32. The molecule has 21 heavy (non-hydrogen) atoms. The third kappa shape index (κ3) is 4.56. The lowest BCUT2D eigenvalue weighted by Crippen LogP contribution is -2.46.